The van der Waals surface area contributed by atoms with Crippen molar-refractivity contribution in [1.82, 2.24) is 4.98 Å². The number of anilines is 2. The van der Waals surface area contributed by atoms with Crippen LogP contribution in [0, 0.1) is 5.82 Å². The summed E-state index contributed by atoms with van der Waals surface area (Å²) in [5.41, 5.74) is 7.13. The lowest BCUT2D eigenvalue weighted by molar-refractivity contribution is 0.627. The Morgan fingerprint density at radius 1 is 1.28 bits per heavy atom. The Kier molecular flexibility index (Phi) is 3.99. The number of nitrogen functional groups attached to an aromatic ring is 1. The molecule has 0 spiro atoms. The second kappa shape index (κ2) is 5.69. The maximum Gasteiger partial charge on any atom is 0.144 e. The molecule has 0 fully saturated rings. The molecule has 0 amide bonds. The van der Waals surface area contributed by atoms with E-state index in [1.165, 1.54) is 12.1 Å². The first-order chi connectivity index (χ1) is 8.65. The Morgan fingerprint density at radius 3 is 2.67 bits per heavy atom. The summed E-state index contributed by atoms with van der Waals surface area (Å²) in [7, 11) is 0. The van der Waals surface area contributed by atoms with E-state index in [2.05, 4.69) is 10.3 Å². The molecule has 0 aliphatic carbocycles. The smallest absolute Gasteiger partial charge is 0.144 e. The Labute approximate surface area is 110 Å². The molecule has 0 aliphatic heterocycles. The van der Waals surface area contributed by atoms with Crippen molar-refractivity contribution in [1.29, 1.82) is 0 Å². The quantitative estimate of drug-likeness (QED) is 0.893. The lowest BCUT2D eigenvalue weighted by Crippen LogP contribution is -2.07. The van der Waals surface area contributed by atoms with Crippen molar-refractivity contribution in [2.45, 2.75) is 6.42 Å². The number of nitrogens with two attached hydrogens (primary N) is 1. The van der Waals surface area contributed by atoms with E-state index in [1.807, 2.05) is 0 Å². The van der Waals surface area contributed by atoms with Gasteiger partial charge in [-0.2, -0.15) is 0 Å². The fraction of sp³-hybridized carbons (Fsp3) is 0.154. The molecule has 1 aromatic heterocycles. The van der Waals surface area contributed by atoms with Crippen molar-refractivity contribution in [2.24, 2.45) is 0 Å². The first kappa shape index (κ1) is 12.6. The monoisotopic (exact) mass is 265 g/mol. The van der Waals surface area contributed by atoms with Gasteiger partial charge in [0.2, 0.25) is 0 Å². The van der Waals surface area contributed by atoms with Gasteiger partial charge < -0.3 is 11.1 Å². The topological polar surface area (TPSA) is 50.9 Å². The molecule has 94 valence electrons. The van der Waals surface area contributed by atoms with Crippen LogP contribution in [0.3, 0.4) is 0 Å². The molecular formula is C13H13ClFN3. The molecule has 1 heterocycles. The van der Waals surface area contributed by atoms with Gasteiger partial charge in [-0.05, 0) is 30.2 Å². The lowest BCUT2D eigenvalue weighted by atomic mass is 10.1. The van der Waals surface area contributed by atoms with Gasteiger partial charge in [-0.15, -0.1) is 0 Å². The highest BCUT2D eigenvalue weighted by atomic mass is 35.5. The van der Waals surface area contributed by atoms with Crippen LogP contribution in [0.25, 0.3) is 0 Å². The van der Waals surface area contributed by atoms with Crippen LogP contribution in [0.1, 0.15) is 5.56 Å². The van der Waals surface area contributed by atoms with Crippen LogP contribution in [-0.2, 0) is 6.42 Å². The number of aromatic nitrogens is 1. The van der Waals surface area contributed by atoms with E-state index in [0.29, 0.717) is 23.1 Å². The van der Waals surface area contributed by atoms with E-state index in [-0.39, 0.29) is 5.82 Å². The number of hydrogen-bond acceptors (Lipinski definition) is 3. The summed E-state index contributed by atoms with van der Waals surface area (Å²) in [6, 6.07) is 8.06. The largest absolute Gasteiger partial charge is 0.397 e. The third kappa shape index (κ3) is 3.34. The molecule has 18 heavy (non-hydrogen) atoms. The second-order valence-electron chi connectivity index (χ2n) is 3.90. The summed E-state index contributed by atoms with van der Waals surface area (Å²) < 4.78 is 12.7. The molecule has 2 aromatic rings. The predicted molar refractivity (Wildman–Crippen MR) is 72.3 cm³/mol. The molecule has 1 aromatic carbocycles. The predicted octanol–water partition coefficient (Wildman–Crippen LogP) is 3.11. The minimum atomic E-state index is -0.227. The summed E-state index contributed by atoms with van der Waals surface area (Å²) in [5, 5.41) is 3.61. The van der Waals surface area contributed by atoms with E-state index in [0.717, 1.165) is 12.0 Å². The third-order valence-corrected chi connectivity index (χ3v) is 2.77. The molecule has 0 bridgehead atoms. The van der Waals surface area contributed by atoms with Crippen LogP contribution in [0.15, 0.2) is 36.5 Å². The van der Waals surface area contributed by atoms with Gasteiger partial charge in [0.1, 0.15) is 11.6 Å². The van der Waals surface area contributed by atoms with Crippen LogP contribution in [-0.4, -0.2) is 11.5 Å². The van der Waals surface area contributed by atoms with E-state index in [4.69, 9.17) is 17.3 Å². The summed E-state index contributed by atoms with van der Waals surface area (Å²) in [6.45, 7) is 0.669. The van der Waals surface area contributed by atoms with E-state index in [1.54, 1.807) is 24.4 Å². The molecule has 5 heteroatoms. The van der Waals surface area contributed by atoms with Crippen LogP contribution in [0.4, 0.5) is 15.9 Å². The summed E-state index contributed by atoms with van der Waals surface area (Å²) in [5.74, 6) is 0.378. The van der Waals surface area contributed by atoms with Crippen LogP contribution in [0.2, 0.25) is 5.02 Å². The van der Waals surface area contributed by atoms with Gasteiger partial charge in [0.15, 0.2) is 0 Å². The van der Waals surface area contributed by atoms with Gasteiger partial charge in [0, 0.05) is 6.54 Å². The number of rotatable bonds is 4. The van der Waals surface area contributed by atoms with Gasteiger partial charge in [-0.1, -0.05) is 23.7 Å². The van der Waals surface area contributed by atoms with Gasteiger partial charge in [0.25, 0.3) is 0 Å². The van der Waals surface area contributed by atoms with Crippen molar-refractivity contribution >= 4 is 23.1 Å². The molecular weight excluding hydrogens is 253 g/mol. The van der Waals surface area contributed by atoms with Crippen molar-refractivity contribution in [3.05, 3.63) is 52.9 Å². The van der Waals surface area contributed by atoms with Crippen molar-refractivity contribution < 1.29 is 4.39 Å². The summed E-state index contributed by atoms with van der Waals surface area (Å²) in [6.07, 6.45) is 2.31. The van der Waals surface area contributed by atoms with Crippen LogP contribution < -0.4 is 11.1 Å². The number of pyridine rings is 1. The van der Waals surface area contributed by atoms with E-state index < -0.39 is 0 Å². The third-order valence-electron chi connectivity index (χ3n) is 2.48. The minimum absolute atomic E-state index is 0.227. The Hall–Kier alpha value is -1.81. The Balaban J connectivity index is 1.90. The maximum atomic E-state index is 12.7. The zero-order chi connectivity index (χ0) is 13.0. The number of halogens is 2. The summed E-state index contributed by atoms with van der Waals surface area (Å²) in [4.78, 5) is 4.10. The van der Waals surface area contributed by atoms with E-state index >= 15 is 0 Å². The van der Waals surface area contributed by atoms with Gasteiger partial charge >= 0.3 is 0 Å². The summed E-state index contributed by atoms with van der Waals surface area (Å²) >= 11 is 5.98. The zero-order valence-electron chi connectivity index (χ0n) is 9.66. The Morgan fingerprint density at radius 2 is 2.00 bits per heavy atom. The van der Waals surface area contributed by atoms with Crippen molar-refractivity contribution in [3.8, 4) is 0 Å². The average Bonchev–Trinajstić information content (AvgIpc) is 2.34. The highest BCUT2D eigenvalue weighted by molar-refractivity contribution is 6.33. The lowest BCUT2D eigenvalue weighted by Gasteiger charge is -2.07. The standard InChI is InChI=1S/C13H13ClFN3/c14-12-7-11(16)8-18-13(12)17-6-5-9-1-3-10(15)4-2-9/h1-4,7-8H,5-6,16H2,(H,17,18). The normalized spacial score (nSPS) is 10.3. The molecule has 0 radical (unpaired) electrons. The number of nitrogens with one attached hydrogen (secondary N) is 1. The van der Waals surface area contributed by atoms with Crippen LogP contribution >= 0.6 is 11.6 Å². The molecule has 0 unspecified atom stereocenters. The molecule has 0 saturated heterocycles. The molecule has 0 saturated carbocycles. The molecule has 3 N–H and O–H groups in total. The van der Waals surface area contributed by atoms with Crippen molar-refractivity contribution in [2.75, 3.05) is 17.6 Å². The minimum Gasteiger partial charge on any atom is -0.397 e. The fourth-order valence-corrected chi connectivity index (χ4v) is 1.80. The van der Waals surface area contributed by atoms with Crippen molar-refractivity contribution in [3.63, 3.8) is 0 Å². The number of nitrogens with zero attached hydrogens (tertiary/aromatic N) is 1. The maximum absolute atomic E-state index is 12.7. The second-order valence-corrected chi connectivity index (χ2v) is 4.31. The first-order valence-corrected chi connectivity index (χ1v) is 5.92. The average molecular weight is 266 g/mol. The van der Waals surface area contributed by atoms with Crippen LogP contribution in [0.5, 0.6) is 0 Å². The SMILES string of the molecule is Nc1cnc(NCCc2ccc(F)cc2)c(Cl)c1. The first-order valence-electron chi connectivity index (χ1n) is 5.54. The molecule has 3 nitrogen and oxygen atoms in total. The highest BCUT2D eigenvalue weighted by Crippen LogP contribution is 2.20. The molecule has 0 aliphatic rings. The van der Waals surface area contributed by atoms with Gasteiger partial charge in [-0.3, -0.25) is 0 Å². The number of benzene rings is 1. The molecule has 2 rings (SSSR count). The zero-order valence-corrected chi connectivity index (χ0v) is 10.4. The van der Waals surface area contributed by atoms with E-state index in [9.17, 15) is 4.39 Å². The highest BCUT2D eigenvalue weighted by Gasteiger charge is 2.01. The molecule has 0 atom stereocenters. The fourth-order valence-electron chi connectivity index (χ4n) is 1.56. The Bertz CT molecular complexity index is 528. The number of hydrogen-bond donors (Lipinski definition) is 2. The van der Waals surface area contributed by atoms with Gasteiger partial charge in [-0.25, -0.2) is 9.37 Å². The van der Waals surface area contributed by atoms with Gasteiger partial charge in [0.05, 0.1) is 16.9 Å².